The van der Waals surface area contributed by atoms with Crippen LogP contribution >= 0.6 is 24.0 Å². The molecule has 0 bridgehead atoms. The Bertz CT molecular complexity index is 415. The molecule has 2 rings (SSSR count). The lowest BCUT2D eigenvalue weighted by atomic mass is 10.0. The average Bonchev–Trinajstić information content (AvgIpc) is 2.66. The standard InChI is InChI=1S/C20H41N5O.HI/c1-5-7-10-24-11-8-19(9-12-24)23-20(21-6-2)22-15-17(3)25-13-14-26-16-18(25)4;/h17-19H,5-16H2,1-4H3,(H2,21,22,23);1H. The van der Waals surface area contributed by atoms with Crippen LogP contribution in [0.3, 0.4) is 0 Å². The molecular formula is C20H42IN5O. The number of rotatable bonds is 8. The first-order valence-corrected chi connectivity index (χ1v) is 10.7. The van der Waals surface area contributed by atoms with Gasteiger partial charge in [0.1, 0.15) is 0 Å². The molecule has 2 aliphatic heterocycles. The van der Waals surface area contributed by atoms with E-state index >= 15 is 0 Å². The highest BCUT2D eigenvalue weighted by atomic mass is 127. The second-order valence-electron chi connectivity index (χ2n) is 7.84. The van der Waals surface area contributed by atoms with Crippen molar-refractivity contribution in [2.75, 3.05) is 52.5 Å². The highest BCUT2D eigenvalue weighted by Crippen LogP contribution is 2.12. The van der Waals surface area contributed by atoms with Crippen molar-refractivity contribution < 1.29 is 4.74 Å². The van der Waals surface area contributed by atoms with Crippen molar-refractivity contribution in [3.63, 3.8) is 0 Å². The molecule has 2 saturated heterocycles. The van der Waals surface area contributed by atoms with E-state index in [1.54, 1.807) is 0 Å². The zero-order chi connectivity index (χ0) is 18.8. The van der Waals surface area contributed by atoms with Gasteiger partial charge in [-0.2, -0.15) is 0 Å². The molecule has 27 heavy (non-hydrogen) atoms. The van der Waals surface area contributed by atoms with Gasteiger partial charge in [-0.15, -0.1) is 24.0 Å². The molecule has 0 aromatic heterocycles. The van der Waals surface area contributed by atoms with Crippen LogP contribution in [0.5, 0.6) is 0 Å². The summed E-state index contributed by atoms with van der Waals surface area (Å²) in [5.41, 5.74) is 0. The number of hydrogen-bond donors (Lipinski definition) is 2. The number of halogens is 1. The number of hydrogen-bond acceptors (Lipinski definition) is 4. The van der Waals surface area contributed by atoms with E-state index in [9.17, 15) is 0 Å². The lowest BCUT2D eigenvalue weighted by molar-refractivity contribution is -0.0165. The number of ether oxygens (including phenoxy) is 1. The molecule has 2 heterocycles. The third-order valence-corrected chi connectivity index (χ3v) is 5.60. The normalized spacial score (nSPS) is 24.3. The van der Waals surface area contributed by atoms with Crippen LogP contribution < -0.4 is 10.6 Å². The van der Waals surface area contributed by atoms with Gasteiger partial charge in [-0.3, -0.25) is 9.89 Å². The number of unbranched alkanes of at least 4 members (excludes halogenated alkanes) is 1. The Labute approximate surface area is 183 Å². The fourth-order valence-electron chi connectivity index (χ4n) is 3.92. The minimum Gasteiger partial charge on any atom is -0.379 e. The number of piperidine rings is 1. The maximum Gasteiger partial charge on any atom is 0.191 e. The number of guanidine groups is 1. The van der Waals surface area contributed by atoms with Gasteiger partial charge < -0.3 is 20.3 Å². The Morgan fingerprint density at radius 1 is 1.22 bits per heavy atom. The van der Waals surface area contributed by atoms with Crippen LogP contribution in [-0.2, 0) is 4.74 Å². The molecule has 0 radical (unpaired) electrons. The molecule has 2 unspecified atom stereocenters. The van der Waals surface area contributed by atoms with Crippen LogP contribution in [0.4, 0.5) is 0 Å². The maximum absolute atomic E-state index is 5.55. The van der Waals surface area contributed by atoms with Gasteiger partial charge in [0.25, 0.3) is 0 Å². The second kappa shape index (κ2) is 14.0. The van der Waals surface area contributed by atoms with Crippen LogP contribution in [-0.4, -0.2) is 86.4 Å². The Balaban J connectivity index is 0.00000364. The SMILES string of the molecule is CCCCN1CCC(NC(=NCC(C)N2CCOCC2C)NCC)CC1.I. The monoisotopic (exact) mass is 495 g/mol. The smallest absolute Gasteiger partial charge is 0.191 e. The molecule has 2 N–H and O–H groups in total. The number of nitrogens with one attached hydrogen (secondary N) is 2. The molecule has 0 spiro atoms. The van der Waals surface area contributed by atoms with Crippen molar-refractivity contribution in [2.45, 2.75) is 71.5 Å². The zero-order valence-electron chi connectivity index (χ0n) is 17.9. The lowest BCUT2D eigenvalue weighted by Crippen LogP contribution is -2.51. The molecule has 0 aliphatic carbocycles. The van der Waals surface area contributed by atoms with Gasteiger partial charge in [-0.25, -0.2) is 0 Å². The highest BCUT2D eigenvalue weighted by Gasteiger charge is 2.24. The van der Waals surface area contributed by atoms with Crippen LogP contribution in [0.1, 0.15) is 53.4 Å². The molecule has 7 heteroatoms. The van der Waals surface area contributed by atoms with E-state index in [0.717, 1.165) is 38.8 Å². The molecule has 2 fully saturated rings. The fourth-order valence-corrected chi connectivity index (χ4v) is 3.92. The van der Waals surface area contributed by atoms with E-state index < -0.39 is 0 Å². The molecule has 2 atom stereocenters. The van der Waals surface area contributed by atoms with E-state index in [2.05, 4.69) is 48.1 Å². The van der Waals surface area contributed by atoms with E-state index in [-0.39, 0.29) is 24.0 Å². The van der Waals surface area contributed by atoms with Crippen molar-refractivity contribution in [3.8, 4) is 0 Å². The first kappa shape index (κ1) is 24.9. The van der Waals surface area contributed by atoms with Crippen molar-refractivity contribution in [1.29, 1.82) is 0 Å². The molecule has 0 amide bonds. The topological polar surface area (TPSA) is 52.1 Å². The largest absolute Gasteiger partial charge is 0.379 e. The third-order valence-electron chi connectivity index (χ3n) is 5.60. The Hall–Kier alpha value is -0.120. The first-order valence-electron chi connectivity index (χ1n) is 10.7. The van der Waals surface area contributed by atoms with Crippen LogP contribution in [0.15, 0.2) is 4.99 Å². The van der Waals surface area contributed by atoms with Gasteiger partial charge in [0.05, 0.1) is 19.8 Å². The van der Waals surface area contributed by atoms with Gasteiger partial charge >= 0.3 is 0 Å². The summed E-state index contributed by atoms with van der Waals surface area (Å²) in [5.74, 6) is 0.979. The number of aliphatic imine (C=N–C) groups is 1. The number of morpholine rings is 1. The molecule has 0 aromatic carbocycles. The van der Waals surface area contributed by atoms with E-state index in [4.69, 9.17) is 9.73 Å². The highest BCUT2D eigenvalue weighted by molar-refractivity contribution is 14.0. The Morgan fingerprint density at radius 3 is 2.59 bits per heavy atom. The molecule has 0 aromatic rings. The summed E-state index contributed by atoms with van der Waals surface area (Å²) in [6.45, 7) is 17.0. The maximum atomic E-state index is 5.55. The van der Waals surface area contributed by atoms with Gasteiger partial charge in [0, 0.05) is 44.3 Å². The van der Waals surface area contributed by atoms with Gasteiger partial charge in [-0.05, 0) is 46.6 Å². The molecule has 6 nitrogen and oxygen atoms in total. The summed E-state index contributed by atoms with van der Waals surface area (Å²) in [4.78, 5) is 10.0. The average molecular weight is 495 g/mol. The summed E-state index contributed by atoms with van der Waals surface area (Å²) in [6, 6.07) is 1.47. The first-order chi connectivity index (χ1) is 12.6. The van der Waals surface area contributed by atoms with E-state index in [0.29, 0.717) is 18.1 Å². The minimum atomic E-state index is 0. The minimum absolute atomic E-state index is 0. The summed E-state index contributed by atoms with van der Waals surface area (Å²) in [6.07, 6.45) is 5.03. The molecule has 160 valence electrons. The predicted molar refractivity (Wildman–Crippen MR) is 125 cm³/mol. The number of nitrogens with zero attached hydrogens (tertiary/aromatic N) is 3. The Kier molecular flexibility index (Phi) is 12.9. The summed E-state index contributed by atoms with van der Waals surface area (Å²) >= 11 is 0. The third kappa shape index (κ3) is 8.83. The van der Waals surface area contributed by atoms with Gasteiger partial charge in [-0.1, -0.05) is 13.3 Å². The number of likely N-dealkylation sites (tertiary alicyclic amines) is 1. The predicted octanol–water partition coefficient (Wildman–Crippen LogP) is 2.53. The van der Waals surface area contributed by atoms with Crippen LogP contribution in [0, 0.1) is 0 Å². The van der Waals surface area contributed by atoms with Crippen molar-refractivity contribution >= 4 is 29.9 Å². The van der Waals surface area contributed by atoms with Crippen molar-refractivity contribution in [1.82, 2.24) is 20.4 Å². The van der Waals surface area contributed by atoms with Crippen LogP contribution in [0.2, 0.25) is 0 Å². The zero-order valence-corrected chi connectivity index (χ0v) is 20.2. The summed E-state index contributed by atoms with van der Waals surface area (Å²) < 4.78 is 5.55. The van der Waals surface area contributed by atoms with E-state index in [1.807, 2.05) is 0 Å². The van der Waals surface area contributed by atoms with Crippen molar-refractivity contribution in [2.24, 2.45) is 4.99 Å². The molecular weight excluding hydrogens is 453 g/mol. The van der Waals surface area contributed by atoms with E-state index in [1.165, 1.54) is 45.3 Å². The molecule has 0 saturated carbocycles. The summed E-state index contributed by atoms with van der Waals surface area (Å²) in [7, 11) is 0. The quantitative estimate of drug-likeness (QED) is 0.308. The Morgan fingerprint density at radius 2 is 1.96 bits per heavy atom. The van der Waals surface area contributed by atoms with Crippen LogP contribution in [0.25, 0.3) is 0 Å². The second-order valence-corrected chi connectivity index (χ2v) is 7.84. The summed E-state index contributed by atoms with van der Waals surface area (Å²) in [5, 5.41) is 7.10. The van der Waals surface area contributed by atoms with Gasteiger partial charge in [0.2, 0.25) is 0 Å². The molecule has 2 aliphatic rings. The van der Waals surface area contributed by atoms with Crippen molar-refractivity contribution in [3.05, 3.63) is 0 Å². The van der Waals surface area contributed by atoms with Gasteiger partial charge in [0.15, 0.2) is 5.96 Å². The fraction of sp³-hybridized carbons (Fsp3) is 0.950. The lowest BCUT2D eigenvalue weighted by Gasteiger charge is -2.37.